The van der Waals surface area contributed by atoms with Crippen molar-refractivity contribution in [2.45, 2.75) is 83.3 Å². The molecule has 0 aromatic heterocycles. The molecule has 0 amide bonds. The molecule has 7 atom stereocenters. The average molecular weight is 288 g/mol. The molecule has 1 heterocycles. The first-order chi connectivity index (χ1) is 10.0. The molecule has 2 heteroatoms. The molecular formula is C19H28O2. The molecule has 1 unspecified atom stereocenters. The third kappa shape index (κ3) is 1.33. The molecule has 4 aliphatic carbocycles. The van der Waals surface area contributed by atoms with Crippen molar-refractivity contribution in [1.29, 1.82) is 0 Å². The summed E-state index contributed by atoms with van der Waals surface area (Å²) in [5, 5.41) is 0. The predicted molar refractivity (Wildman–Crippen MR) is 80.8 cm³/mol. The molecular weight excluding hydrogens is 260 g/mol. The minimum atomic E-state index is 0.0150. The Hall–Kier alpha value is -0.370. The molecule has 0 aromatic carbocycles. The zero-order chi connectivity index (χ0) is 14.5. The Morgan fingerprint density at radius 3 is 2.71 bits per heavy atom. The Morgan fingerprint density at radius 2 is 1.86 bits per heavy atom. The van der Waals surface area contributed by atoms with Crippen LogP contribution in [0, 0.1) is 28.6 Å². The highest BCUT2D eigenvalue weighted by atomic mass is 16.6. The number of hydrogen-bond donors (Lipinski definition) is 0. The van der Waals surface area contributed by atoms with Gasteiger partial charge in [0.2, 0.25) is 0 Å². The minimum Gasteiger partial charge on any atom is -0.365 e. The lowest BCUT2D eigenvalue weighted by Gasteiger charge is -2.57. The van der Waals surface area contributed by atoms with E-state index >= 15 is 0 Å². The van der Waals surface area contributed by atoms with Crippen LogP contribution in [0.4, 0.5) is 0 Å². The highest BCUT2D eigenvalue weighted by molar-refractivity contribution is 5.87. The van der Waals surface area contributed by atoms with Crippen molar-refractivity contribution in [2.75, 3.05) is 0 Å². The molecule has 0 N–H and O–H groups in total. The number of hydrogen-bond acceptors (Lipinski definition) is 2. The van der Waals surface area contributed by atoms with Gasteiger partial charge in [0.05, 0.1) is 6.10 Å². The lowest BCUT2D eigenvalue weighted by Crippen LogP contribution is -2.57. The number of ketones is 1. The summed E-state index contributed by atoms with van der Waals surface area (Å²) in [6.45, 7) is 4.82. The minimum absolute atomic E-state index is 0.0150. The lowest BCUT2D eigenvalue weighted by atomic mass is 9.45. The summed E-state index contributed by atoms with van der Waals surface area (Å²) in [7, 11) is 0. The van der Waals surface area contributed by atoms with Crippen molar-refractivity contribution in [3.8, 4) is 0 Å². The van der Waals surface area contributed by atoms with Crippen molar-refractivity contribution in [3.05, 3.63) is 0 Å². The van der Waals surface area contributed by atoms with E-state index in [1.807, 2.05) is 0 Å². The Balaban J connectivity index is 1.55. The van der Waals surface area contributed by atoms with Crippen LogP contribution in [0.2, 0.25) is 0 Å². The highest BCUT2D eigenvalue weighted by Crippen LogP contribution is 2.72. The molecule has 21 heavy (non-hydrogen) atoms. The number of epoxide rings is 1. The Bertz CT molecular complexity index is 514. The van der Waals surface area contributed by atoms with Gasteiger partial charge < -0.3 is 4.74 Å². The average Bonchev–Trinajstić information content (AvgIpc) is 3.08. The maximum absolute atomic E-state index is 12.4. The van der Waals surface area contributed by atoms with Gasteiger partial charge in [-0.3, -0.25) is 4.79 Å². The molecule has 5 aliphatic rings. The van der Waals surface area contributed by atoms with E-state index in [1.165, 1.54) is 38.5 Å². The van der Waals surface area contributed by atoms with Gasteiger partial charge in [-0.05, 0) is 56.3 Å². The second-order valence-electron chi connectivity index (χ2n) is 9.15. The zero-order valence-corrected chi connectivity index (χ0v) is 13.5. The van der Waals surface area contributed by atoms with Gasteiger partial charge >= 0.3 is 0 Å². The van der Waals surface area contributed by atoms with Crippen LogP contribution in [-0.4, -0.2) is 17.5 Å². The van der Waals surface area contributed by atoms with Crippen molar-refractivity contribution >= 4 is 5.78 Å². The smallest absolute Gasteiger partial charge is 0.139 e. The molecule has 4 saturated carbocycles. The van der Waals surface area contributed by atoms with Crippen LogP contribution in [0.25, 0.3) is 0 Å². The standard InChI is InChI=1S/C19H28O2/c1-17-10-7-14-12(13(17)5-6-15(17)20)11-16-19(21-16)9-4-3-8-18(14,19)2/h12-14,16H,3-11H2,1-2H3/t12-,13-,14-,16-,17-,18+,19?/m0/s1. The summed E-state index contributed by atoms with van der Waals surface area (Å²) in [4.78, 5) is 12.4. The molecule has 1 aliphatic heterocycles. The SMILES string of the molecule is C[C@]12CC[C@H]3[C@@H](C[C@@H]4OC45CCCC[C@]35C)[C@@H]1CCC2=O. The molecule has 5 rings (SSSR count). The van der Waals surface area contributed by atoms with E-state index in [0.717, 1.165) is 31.1 Å². The third-order valence-electron chi connectivity index (χ3n) is 8.73. The molecule has 0 radical (unpaired) electrons. The Morgan fingerprint density at radius 1 is 1.05 bits per heavy atom. The maximum Gasteiger partial charge on any atom is 0.139 e. The number of fused-ring (bicyclic) bond motifs is 4. The van der Waals surface area contributed by atoms with E-state index in [-0.39, 0.29) is 11.0 Å². The van der Waals surface area contributed by atoms with E-state index in [4.69, 9.17) is 4.74 Å². The van der Waals surface area contributed by atoms with E-state index in [2.05, 4.69) is 13.8 Å². The first-order valence-electron chi connectivity index (χ1n) is 9.22. The van der Waals surface area contributed by atoms with Crippen molar-refractivity contribution in [3.63, 3.8) is 0 Å². The van der Waals surface area contributed by atoms with Gasteiger partial charge in [-0.1, -0.05) is 26.7 Å². The van der Waals surface area contributed by atoms with Gasteiger partial charge in [0.1, 0.15) is 11.4 Å². The first-order valence-corrected chi connectivity index (χ1v) is 9.22. The van der Waals surface area contributed by atoms with E-state index < -0.39 is 0 Å². The predicted octanol–water partition coefficient (Wildman–Crippen LogP) is 4.12. The van der Waals surface area contributed by atoms with E-state index in [1.54, 1.807) is 0 Å². The fraction of sp³-hybridized carbons (Fsp3) is 0.947. The molecule has 1 spiro atoms. The van der Waals surface area contributed by atoms with E-state index in [9.17, 15) is 4.79 Å². The fourth-order valence-corrected chi connectivity index (χ4v) is 7.48. The number of rotatable bonds is 0. The van der Waals surface area contributed by atoms with Crippen LogP contribution < -0.4 is 0 Å². The summed E-state index contributed by atoms with van der Waals surface area (Å²) in [5.74, 6) is 2.80. The Labute approximate surface area is 128 Å². The first kappa shape index (κ1) is 13.1. The van der Waals surface area contributed by atoms with Crippen molar-refractivity contribution < 1.29 is 9.53 Å². The second-order valence-corrected chi connectivity index (χ2v) is 9.15. The van der Waals surface area contributed by atoms with Crippen LogP contribution in [0.1, 0.15) is 71.6 Å². The number of carbonyl (C=O) groups is 1. The van der Waals surface area contributed by atoms with Crippen LogP contribution in [-0.2, 0) is 9.53 Å². The lowest BCUT2D eigenvalue weighted by molar-refractivity contribution is -0.135. The normalized spacial score (nSPS) is 61.5. The summed E-state index contributed by atoms with van der Waals surface area (Å²) in [5.41, 5.74) is 0.676. The number of carbonyl (C=O) groups excluding carboxylic acids is 1. The molecule has 0 bridgehead atoms. The van der Waals surface area contributed by atoms with Gasteiger partial charge in [0.25, 0.3) is 0 Å². The quantitative estimate of drug-likeness (QED) is 0.628. The van der Waals surface area contributed by atoms with Crippen LogP contribution in [0.15, 0.2) is 0 Å². The number of Topliss-reactive ketones (excluding diaryl/α,β-unsaturated/α-hetero) is 1. The largest absolute Gasteiger partial charge is 0.365 e. The van der Waals surface area contributed by atoms with Crippen LogP contribution in [0.3, 0.4) is 0 Å². The fourth-order valence-electron chi connectivity index (χ4n) is 7.48. The van der Waals surface area contributed by atoms with Crippen molar-refractivity contribution in [1.82, 2.24) is 0 Å². The van der Waals surface area contributed by atoms with Crippen LogP contribution >= 0.6 is 0 Å². The third-order valence-corrected chi connectivity index (χ3v) is 8.73. The monoisotopic (exact) mass is 288 g/mol. The van der Waals surface area contributed by atoms with Gasteiger partial charge in [-0.2, -0.15) is 0 Å². The summed E-state index contributed by atoms with van der Waals surface area (Å²) < 4.78 is 6.39. The summed E-state index contributed by atoms with van der Waals surface area (Å²) in [6, 6.07) is 0. The van der Waals surface area contributed by atoms with Gasteiger partial charge in [-0.15, -0.1) is 0 Å². The topological polar surface area (TPSA) is 29.6 Å². The Kier molecular flexibility index (Phi) is 2.34. The van der Waals surface area contributed by atoms with Gasteiger partial charge in [0.15, 0.2) is 0 Å². The van der Waals surface area contributed by atoms with Crippen molar-refractivity contribution in [2.24, 2.45) is 28.6 Å². The van der Waals surface area contributed by atoms with Gasteiger partial charge in [-0.25, -0.2) is 0 Å². The molecule has 116 valence electrons. The van der Waals surface area contributed by atoms with E-state index in [0.29, 0.717) is 23.2 Å². The molecule has 0 aromatic rings. The molecule has 1 saturated heterocycles. The number of ether oxygens (including phenoxy) is 1. The molecule has 2 nitrogen and oxygen atoms in total. The van der Waals surface area contributed by atoms with Crippen LogP contribution in [0.5, 0.6) is 0 Å². The zero-order valence-electron chi connectivity index (χ0n) is 13.5. The van der Waals surface area contributed by atoms with Gasteiger partial charge in [0, 0.05) is 17.3 Å². The summed E-state index contributed by atoms with van der Waals surface area (Å²) in [6.07, 6.45) is 11.6. The maximum atomic E-state index is 12.4. The summed E-state index contributed by atoms with van der Waals surface area (Å²) >= 11 is 0. The highest BCUT2D eigenvalue weighted by Gasteiger charge is 2.75. The second kappa shape index (κ2) is 3.75. The molecule has 5 fully saturated rings.